The number of carbonyl (C=O) groups is 1. The van der Waals surface area contributed by atoms with Crippen LogP contribution in [0.4, 0.5) is 10.1 Å². The lowest BCUT2D eigenvalue weighted by Crippen LogP contribution is -2.22. The smallest absolute Gasteiger partial charge is 0.262 e. The van der Waals surface area contributed by atoms with Crippen LogP contribution >= 0.6 is 15.9 Å². The summed E-state index contributed by atoms with van der Waals surface area (Å²) in [6.07, 6.45) is 3.25. The molecule has 0 unspecified atom stereocenters. The van der Waals surface area contributed by atoms with Crippen molar-refractivity contribution in [3.05, 3.63) is 83.3 Å². The molecule has 1 heterocycles. The second-order valence-corrected chi connectivity index (χ2v) is 6.81. The predicted molar refractivity (Wildman–Crippen MR) is 109 cm³/mol. The standard InChI is InChI=1S/C21H15BrFN3O2/c22-20-15-6-2-1-5-14(15)9-10-18(20)28-13-19(27)25-21-16(23)7-3-8-17(21)26-12-4-11-24-26/h1-12H,13H2,(H,25,27). The Labute approximate surface area is 168 Å². The molecule has 0 saturated carbocycles. The Morgan fingerprint density at radius 3 is 2.79 bits per heavy atom. The largest absolute Gasteiger partial charge is 0.483 e. The maximum absolute atomic E-state index is 14.3. The van der Waals surface area contributed by atoms with Gasteiger partial charge in [0.2, 0.25) is 0 Å². The average molecular weight is 440 g/mol. The van der Waals surface area contributed by atoms with Crippen LogP contribution in [0, 0.1) is 5.82 Å². The fourth-order valence-electron chi connectivity index (χ4n) is 2.88. The molecule has 3 aromatic carbocycles. The van der Waals surface area contributed by atoms with Crippen LogP contribution in [-0.4, -0.2) is 22.3 Å². The first-order valence-corrected chi connectivity index (χ1v) is 9.31. The topological polar surface area (TPSA) is 56.1 Å². The van der Waals surface area contributed by atoms with E-state index >= 15 is 0 Å². The van der Waals surface area contributed by atoms with E-state index in [0.717, 1.165) is 15.2 Å². The Bertz CT molecular complexity index is 1150. The number of aromatic nitrogens is 2. The van der Waals surface area contributed by atoms with E-state index in [1.54, 1.807) is 36.7 Å². The summed E-state index contributed by atoms with van der Waals surface area (Å²) >= 11 is 3.52. The van der Waals surface area contributed by atoms with Crippen molar-refractivity contribution in [3.8, 4) is 11.4 Å². The highest BCUT2D eigenvalue weighted by atomic mass is 79.9. The molecule has 4 rings (SSSR count). The molecule has 0 bridgehead atoms. The third kappa shape index (κ3) is 3.61. The summed E-state index contributed by atoms with van der Waals surface area (Å²) in [5, 5.41) is 8.71. The molecule has 5 nitrogen and oxygen atoms in total. The van der Waals surface area contributed by atoms with E-state index in [0.29, 0.717) is 11.4 Å². The van der Waals surface area contributed by atoms with Gasteiger partial charge in [0.25, 0.3) is 5.91 Å². The van der Waals surface area contributed by atoms with E-state index in [2.05, 4.69) is 26.3 Å². The van der Waals surface area contributed by atoms with Gasteiger partial charge in [0.05, 0.1) is 10.2 Å². The number of ether oxygens (including phenoxy) is 1. The maximum atomic E-state index is 14.3. The van der Waals surface area contributed by atoms with Gasteiger partial charge in [-0.25, -0.2) is 9.07 Å². The molecule has 0 aliphatic heterocycles. The molecule has 28 heavy (non-hydrogen) atoms. The zero-order valence-electron chi connectivity index (χ0n) is 14.6. The Morgan fingerprint density at radius 1 is 1.11 bits per heavy atom. The summed E-state index contributed by atoms with van der Waals surface area (Å²) in [6, 6.07) is 17.8. The number of halogens is 2. The van der Waals surface area contributed by atoms with Crippen molar-refractivity contribution in [2.45, 2.75) is 0 Å². The number of fused-ring (bicyclic) bond motifs is 1. The van der Waals surface area contributed by atoms with Crippen LogP contribution in [0.25, 0.3) is 16.5 Å². The second-order valence-electron chi connectivity index (χ2n) is 6.02. The molecule has 7 heteroatoms. The van der Waals surface area contributed by atoms with Crippen LogP contribution in [0.3, 0.4) is 0 Å². The number of hydrogen-bond acceptors (Lipinski definition) is 3. The molecule has 0 saturated heterocycles. The highest BCUT2D eigenvalue weighted by Gasteiger charge is 2.15. The van der Waals surface area contributed by atoms with Crippen LogP contribution in [0.1, 0.15) is 0 Å². The average Bonchev–Trinajstić information content (AvgIpc) is 3.24. The van der Waals surface area contributed by atoms with Crippen molar-refractivity contribution in [2.24, 2.45) is 0 Å². The normalized spacial score (nSPS) is 10.8. The molecule has 0 aliphatic rings. The summed E-state index contributed by atoms with van der Waals surface area (Å²) in [5.41, 5.74) is 0.489. The van der Waals surface area contributed by atoms with Crippen LogP contribution in [0.5, 0.6) is 5.75 Å². The minimum absolute atomic E-state index is 0.0531. The van der Waals surface area contributed by atoms with Gasteiger partial charge in [-0.3, -0.25) is 4.79 Å². The van der Waals surface area contributed by atoms with Crippen LogP contribution in [0.15, 0.2) is 77.5 Å². The number of anilines is 1. The number of nitrogens with one attached hydrogen (secondary N) is 1. The van der Waals surface area contributed by atoms with Gasteiger partial charge in [0.15, 0.2) is 6.61 Å². The zero-order chi connectivity index (χ0) is 19.5. The summed E-state index contributed by atoms with van der Waals surface area (Å²) in [5.74, 6) is -0.485. The van der Waals surface area contributed by atoms with Gasteiger partial charge >= 0.3 is 0 Å². The number of amides is 1. The molecule has 4 aromatic rings. The van der Waals surface area contributed by atoms with Gasteiger partial charge in [-0.2, -0.15) is 5.10 Å². The fourth-order valence-corrected chi connectivity index (χ4v) is 3.49. The Hall–Kier alpha value is -3.19. The number of benzene rings is 3. The van der Waals surface area contributed by atoms with Gasteiger partial charge in [-0.15, -0.1) is 0 Å². The van der Waals surface area contributed by atoms with E-state index in [1.807, 2.05) is 30.3 Å². The minimum atomic E-state index is -0.548. The number of rotatable bonds is 5. The highest BCUT2D eigenvalue weighted by molar-refractivity contribution is 9.10. The lowest BCUT2D eigenvalue weighted by molar-refractivity contribution is -0.118. The Morgan fingerprint density at radius 2 is 1.96 bits per heavy atom. The SMILES string of the molecule is O=C(COc1ccc2ccccc2c1Br)Nc1c(F)cccc1-n1cccn1. The molecule has 1 amide bonds. The van der Waals surface area contributed by atoms with E-state index in [4.69, 9.17) is 4.74 Å². The fraction of sp³-hybridized carbons (Fsp3) is 0.0476. The summed E-state index contributed by atoms with van der Waals surface area (Å²) in [4.78, 5) is 12.4. The summed E-state index contributed by atoms with van der Waals surface area (Å²) in [6.45, 7) is -0.260. The third-order valence-electron chi connectivity index (χ3n) is 4.19. The maximum Gasteiger partial charge on any atom is 0.262 e. The Balaban J connectivity index is 1.51. The van der Waals surface area contributed by atoms with Crippen LogP contribution in [-0.2, 0) is 4.79 Å². The van der Waals surface area contributed by atoms with Gasteiger partial charge in [-0.1, -0.05) is 36.4 Å². The van der Waals surface area contributed by atoms with Crippen molar-refractivity contribution < 1.29 is 13.9 Å². The molecule has 140 valence electrons. The van der Waals surface area contributed by atoms with Crippen molar-refractivity contribution in [2.75, 3.05) is 11.9 Å². The molecule has 1 aromatic heterocycles. The van der Waals surface area contributed by atoms with Crippen molar-refractivity contribution >= 4 is 38.3 Å². The Kier molecular flexibility index (Phi) is 5.08. The van der Waals surface area contributed by atoms with E-state index < -0.39 is 11.7 Å². The molecule has 0 spiro atoms. The van der Waals surface area contributed by atoms with Gasteiger partial charge < -0.3 is 10.1 Å². The minimum Gasteiger partial charge on any atom is -0.483 e. The summed E-state index contributed by atoms with van der Waals surface area (Å²) < 4.78 is 22.2. The number of nitrogens with zero attached hydrogens (tertiary/aromatic N) is 2. The van der Waals surface area contributed by atoms with E-state index in [9.17, 15) is 9.18 Å². The molecular formula is C21H15BrFN3O2. The van der Waals surface area contributed by atoms with Gasteiger partial charge in [0, 0.05) is 12.4 Å². The molecule has 1 N–H and O–H groups in total. The number of hydrogen-bond donors (Lipinski definition) is 1. The van der Waals surface area contributed by atoms with Crippen molar-refractivity contribution in [1.82, 2.24) is 9.78 Å². The van der Waals surface area contributed by atoms with E-state index in [1.165, 1.54) is 10.7 Å². The predicted octanol–water partition coefficient (Wildman–Crippen LogP) is 4.94. The van der Waals surface area contributed by atoms with Crippen LogP contribution in [0.2, 0.25) is 0 Å². The van der Waals surface area contributed by atoms with Gasteiger partial charge in [0.1, 0.15) is 17.3 Å². The first-order chi connectivity index (χ1) is 13.6. The summed E-state index contributed by atoms with van der Waals surface area (Å²) in [7, 11) is 0. The van der Waals surface area contributed by atoms with Crippen LogP contribution < -0.4 is 10.1 Å². The lowest BCUT2D eigenvalue weighted by Gasteiger charge is -2.13. The first kappa shape index (κ1) is 18.2. The molecule has 0 atom stereocenters. The molecule has 0 aliphatic carbocycles. The molecule has 0 fully saturated rings. The van der Waals surface area contributed by atoms with E-state index in [-0.39, 0.29) is 12.3 Å². The van der Waals surface area contributed by atoms with Gasteiger partial charge in [-0.05, 0) is 51.0 Å². The second kappa shape index (κ2) is 7.82. The highest BCUT2D eigenvalue weighted by Crippen LogP contribution is 2.33. The third-order valence-corrected chi connectivity index (χ3v) is 5.01. The lowest BCUT2D eigenvalue weighted by atomic mass is 10.1. The number of para-hydroxylation sites is 1. The first-order valence-electron chi connectivity index (χ1n) is 8.52. The monoisotopic (exact) mass is 439 g/mol. The zero-order valence-corrected chi connectivity index (χ0v) is 16.2. The molecular weight excluding hydrogens is 425 g/mol. The number of carbonyl (C=O) groups excluding carboxylic acids is 1. The van der Waals surface area contributed by atoms with Crippen molar-refractivity contribution in [3.63, 3.8) is 0 Å². The quantitative estimate of drug-likeness (QED) is 0.478. The van der Waals surface area contributed by atoms with Crippen molar-refractivity contribution in [1.29, 1.82) is 0 Å². The molecule has 0 radical (unpaired) electrons.